The average Bonchev–Trinajstić information content (AvgIpc) is 2.63. The van der Waals surface area contributed by atoms with E-state index >= 15 is 0 Å². The summed E-state index contributed by atoms with van der Waals surface area (Å²) in [6.45, 7) is 2.77. The van der Waals surface area contributed by atoms with Crippen LogP contribution in [0.25, 0.3) is 0 Å². The van der Waals surface area contributed by atoms with Crippen LogP contribution in [0.2, 0.25) is 0 Å². The van der Waals surface area contributed by atoms with Gasteiger partial charge in [-0.05, 0) is 32.5 Å². The van der Waals surface area contributed by atoms with E-state index in [4.69, 9.17) is 0 Å². The van der Waals surface area contributed by atoms with Gasteiger partial charge in [0, 0.05) is 26.4 Å². The number of rotatable bonds is 3. The summed E-state index contributed by atoms with van der Waals surface area (Å²) < 4.78 is 1.69. The molecule has 1 aromatic rings. The molecule has 0 saturated carbocycles. The third-order valence-corrected chi connectivity index (χ3v) is 3.66. The van der Waals surface area contributed by atoms with Crippen molar-refractivity contribution in [2.24, 2.45) is 7.05 Å². The fourth-order valence-corrected chi connectivity index (χ4v) is 2.60. The number of ketones is 1. The largest absolute Gasteiger partial charge is 0.303 e. The van der Waals surface area contributed by atoms with E-state index in [0.717, 1.165) is 12.1 Å². The molecule has 1 aliphatic rings. The summed E-state index contributed by atoms with van der Waals surface area (Å²) in [6.07, 6.45) is 4.80. The van der Waals surface area contributed by atoms with Crippen LogP contribution >= 0.6 is 0 Å². The second-order valence-corrected chi connectivity index (χ2v) is 5.04. The number of likely N-dealkylation sites (tertiary alicyclic amines) is 1. The van der Waals surface area contributed by atoms with Crippen molar-refractivity contribution < 1.29 is 4.79 Å². The van der Waals surface area contributed by atoms with Crippen LogP contribution < -0.4 is 0 Å². The molecule has 2 heterocycles. The maximum absolute atomic E-state index is 11.4. The van der Waals surface area contributed by atoms with E-state index in [2.05, 4.69) is 17.0 Å². The van der Waals surface area contributed by atoms with Crippen LogP contribution in [0.4, 0.5) is 0 Å². The molecule has 1 aromatic heterocycles. The van der Waals surface area contributed by atoms with Crippen molar-refractivity contribution in [2.75, 3.05) is 13.6 Å². The Morgan fingerprint density at radius 3 is 2.82 bits per heavy atom. The predicted molar refractivity (Wildman–Crippen MR) is 67.2 cm³/mol. The van der Waals surface area contributed by atoms with Crippen LogP contribution in [0, 0.1) is 0 Å². The highest BCUT2D eigenvalue weighted by atomic mass is 16.1. The number of carbonyl (C=O) groups is 1. The Morgan fingerprint density at radius 1 is 1.47 bits per heavy atom. The van der Waals surface area contributed by atoms with E-state index in [1.54, 1.807) is 11.6 Å². The molecule has 0 radical (unpaired) electrons. The lowest BCUT2D eigenvalue weighted by Gasteiger charge is -2.31. The van der Waals surface area contributed by atoms with Crippen LogP contribution in [0.3, 0.4) is 0 Å². The lowest BCUT2D eigenvalue weighted by molar-refractivity contribution is 0.100. The molecule has 0 amide bonds. The number of hydrogen-bond acceptors (Lipinski definition) is 3. The molecule has 1 atom stereocenters. The molecule has 0 aromatic carbocycles. The minimum atomic E-state index is 0.0863. The quantitative estimate of drug-likeness (QED) is 0.748. The van der Waals surface area contributed by atoms with Gasteiger partial charge in [0.1, 0.15) is 5.69 Å². The van der Waals surface area contributed by atoms with Crippen molar-refractivity contribution in [3.63, 3.8) is 0 Å². The zero-order valence-corrected chi connectivity index (χ0v) is 10.9. The number of aromatic nitrogens is 2. The van der Waals surface area contributed by atoms with E-state index in [-0.39, 0.29) is 5.78 Å². The highest BCUT2D eigenvalue weighted by molar-refractivity contribution is 5.92. The summed E-state index contributed by atoms with van der Waals surface area (Å²) >= 11 is 0. The van der Waals surface area contributed by atoms with Gasteiger partial charge < -0.3 is 4.90 Å². The Balaban J connectivity index is 2.07. The van der Waals surface area contributed by atoms with Gasteiger partial charge in [-0.25, -0.2) is 0 Å². The maximum atomic E-state index is 11.4. The summed E-state index contributed by atoms with van der Waals surface area (Å²) in [5.74, 6) is 0.0863. The van der Waals surface area contributed by atoms with Crippen LogP contribution in [0.5, 0.6) is 0 Å². The summed E-state index contributed by atoms with van der Waals surface area (Å²) in [6, 6.07) is 2.52. The summed E-state index contributed by atoms with van der Waals surface area (Å²) in [7, 11) is 4.02. The van der Waals surface area contributed by atoms with E-state index in [1.165, 1.54) is 25.8 Å². The Kier molecular flexibility index (Phi) is 3.62. The molecule has 1 unspecified atom stereocenters. The highest BCUT2D eigenvalue weighted by Gasteiger charge is 2.21. The lowest BCUT2D eigenvalue weighted by atomic mass is 9.98. The number of nitrogens with zero attached hydrogens (tertiary/aromatic N) is 3. The first-order valence-corrected chi connectivity index (χ1v) is 6.32. The number of Topliss-reactive ketones (excluding diaryl/α,β-unsaturated/α-hetero) is 1. The third-order valence-electron chi connectivity index (χ3n) is 3.66. The fourth-order valence-electron chi connectivity index (χ4n) is 2.60. The summed E-state index contributed by atoms with van der Waals surface area (Å²) in [5, 5.41) is 4.43. The Hall–Kier alpha value is -1.16. The fraction of sp³-hybridized carbons (Fsp3) is 0.692. The minimum absolute atomic E-state index is 0.0863. The zero-order chi connectivity index (χ0) is 12.4. The number of aryl methyl sites for hydroxylation is 1. The van der Waals surface area contributed by atoms with Crippen molar-refractivity contribution in [1.29, 1.82) is 0 Å². The van der Waals surface area contributed by atoms with Gasteiger partial charge in [0.05, 0.1) is 5.69 Å². The molecule has 0 aliphatic carbocycles. The van der Waals surface area contributed by atoms with Crippen LogP contribution in [-0.2, 0) is 13.5 Å². The summed E-state index contributed by atoms with van der Waals surface area (Å²) in [5.41, 5.74) is 1.75. The number of hydrogen-bond donors (Lipinski definition) is 0. The molecule has 4 heteroatoms. The number of piperidine rings is 1. The molecule has 1 aliphatic heterocycles. The smallest absolute Gasteiger partial charge is 0.177 e. The molecule has 2 rings (SSSR count). The van der Waals surface area contributed by atoms with Crippen LogP contribution in [0.15, 0.2) is 6.07 Å². The van der Waals surface area contributed by atoms with Gasteiger partial charge in [0.25, 0.3) is 0 Å². The van der Waals surface area contributed by atoms with Gasteiger partial charge in [-0.2, -0.15) is 5.10 Å². The van der Waals surface area contributed by atoms with Crippen molar-refractivity contribution in [1.82, 2.24) is 14.7 Å². The lowest BCUT2D eigenvalue weighted by Crippen LogP contribution is -2.37. The topological polar surface area (TPSA) is 38.1 Å². The molecule has 1 fully saturated rings. The van der Waals surface area contributed by atoms with Crippen LogP contribution in [0.1, 0.15) is 42.4 Å². The van der Waals surface area contributed by atoms with E-state index in [1.807, 2.05) is 13.1 Å². The second kappa shape index (κ2) is 5.00. The van der Waals surface area contributed by atoms with Crippen molar-refractivity contribution >= 4 is 5.78 Å². The standard InChI is InChI=1S/C13H21N3O/c1-10(17)13-9-11(14-16(13)3)8-12-6-4-5-7-15(12)2/h9,12H,4-8H2,1-3H3. The molecule has 94 valence electrons. The molecule has 0 bridgehead atoms. The van der Waals surface area contributed by atoms with Gasteiger partial charge in [0.2, 0.25) is 0 Å². The van der Waals surface area contributed by atoms with E-state index < -0.39 is 0 Å². The molecule has 0 N–H and O–H groups in total. The molecule has 0 spiro atoms. The molecular weight excluding hydrogens is 214 g/mol. The molecular formula is C13H21N3O. The minimum Gasteiger partial charge on any atom is -0.303 e. The highest BCUT2D eigenvalue weighted by Crippen LogP contribution is 2.19. The van der Waals surface area contributed by atoms with Crippen molar-refractivity contribution in [3.8, 4) is 0 Å². The number of carbonyl (C=O) groups excluding carboxylic acids is 1. The monoisotopic (exact) mass is 235 g/mol. The van der Waals surface area contributed by atoms with E-state index in [0.29, 0.717) is 11.7 Å². The maximum Gasteiger partial charge on any atom is 0.177 e. The Morgan fingerprint density at radius 2 is 2.24 bits per heavy atom. The molecule has 17 heavy (non-hydrogen) atoms. The second-order valence-electron chi connectivity index (χ2n) is 5.04. The Labute approximate surface area is 103 Å². The zero-order valence-electron chi connectivity index (χ0n) is 10.9. The SMILES string of the molecule is CC(=O)c1cc(CC2CCCCN2C)nn1C. The van der Waals surface area contributed by atoms with E-state index in [9.17, 15) is 4.79 Å². The van der Waals surface area contributed by atoms with Crippen molar-refractivity contribution in [2.45, 2.75) is 38.6 Å². The molecule has 4 nitrogen and oxygen atoms in total. The normalized spacial score (nSPS) is 21.7. The first-order chi connectivity index (χ1) is 8.08. The van der Waals surface area contributed by atoms with Crippen LogP contribution in [-0.4, -0.2) is 40.1 Å². The number of likely N-dealkylation sites (N-methyl/N-ethyl adjacent to an activating group) is 1. The van der Waals surface area contributed by atoms with Gasteiger partial charge in [-0.1, -0.05) is 6.42 Å². The third kappa shape index (κ3) is 2.75. The van der Waals surface area contributed by atoms with Gasteiger partial charge >= 0.3 is 0 Å². The summed E-state index contributed by atoms with van der Waals surface area (Å²) in [4.78, 5) is 13.8. The Bertz CT molecular complexity index is 411. The average molecular weight is 235 g/mol. The molecule has 1 saturated heterocycles. The predicted octanol–water partition coefficient (Wildman–Crippen LogP) is 1.65. The first-order valence-electron chi connectivity index (χ1n) is 6.32. The first kappa shape index (κ1) is 12.3. The van der Waals surface area contributed by atoms with Gasteiger partial charge in [-0.15, -0.1) is 0 Å². The van der Waals surface area contributed by atoms with Crippen molar-refractivity contribution in [3.05, 3.63) is 17.5 Å². The van der Waals surface area contributed by atoms with Gasteiger partial charge in [-0.3, -0.25) is 9.48 Å². The van der Waals surface area contributed by atoms with Gasteiger partial charge in [0.15, 0.2) is 5.78 Å².